The average molecular weight is 191 g/mol. The van der Waals surface area contributed by atoms with Crippen molar-refractivity contribution >= 4 is 0 Å². The first kappa shape index (κ1) is 10.3. The van der Waals surface area contributed by atoms with E-state index in [1.165, 1.54) is 51.4 Å². The third kappa shape index (κ3) is 2.40. The van der Waals surface area contributed by atoms with E-state index in [-0.39, 0.29) is 0 Å². The van der Waals surface area contributed by atoms with Crippen LogP contribution in [-0.2, 0) is 0 Å². The normalized spacial score (nSPS) is 36.8. The van der Waals surface area contributed by atoms with Crippen molar-refractivity contribution in [2.24, 2.45) is 17.8 Å². The van der Waals surface area contributed by atoms with Gasteiger partial charge in [0, 0.05) is 0 Å². The Hall–Kier alpha value is -0.260. The highest BCUT2D eigenvalue weighted by Gasteiger charge is 2.29. The fraction of sp³-hybridized carbons (Fsp3) is 0.857. The molecule has 14 heavy (non-hydrogen) atoms. The lowest BCUT2D eigenvalue weighted by Gasteiger charge is -2.36. The van der Waals surface area contributed by atoms with E-state index in [0.29, 0.717) is 0 Å². The van der Waals surface area contributed by atoms with Crippen LogP contribution < -0.4 is 0 Å². The van der Waals surface area contributed by atoms with E-state index in [9.17, 15) is 0 Å². The highest BCUT2D eigenvalue weighted by Crippen LogP contribution is 2.41. The molecule has 0 aliphatic heterocycles. The first-order valence-electron chi connectivity index (χ1n) is 6.47. The van der Waals surface area contributed by atoms with Crippen molar-refractivity contribution in [3.8, 4) is 0 Å². The molecule has 0 heterocycles. The van der Waals surface area contributed by atoms with Gasteiger partial charge in [0.2, 0.25) is 0 Å². The molecule has 2 rings (SSSR count). The van der Waals surface area contributed by atoms with Gasteiger partial charge < -0.3 is 0 Å². The van der Waals surface area contributed by atoms with Crippen LogP contribution in [0, 0.1) is 23.8 Å². The molecule has 1 radical (unpaired) electrons. The van der Waals surface area contributed by atoms with Crippen molar-refractivity contribution in [3.05, 3.63) is 12.2 Å². The van der Waals surface area contributed by atoms with Gasteiger partial charge in [0.25, 0.3) is 0 Å². The summed E-state index contributed by atoms with van der Waals surface area (Å²) < 4.78 is 0. The molecule has 0 amide bonds. The topological polar surface area (TPSA) is 0 Å². The van der Waals surface area contributed by atoms with Gasteiger partial charge >= 0.3 is 0 Å². The van der Waals surface area contributed by atoms with Crippen molar-refractivity contribution in [3.63, 3.8) is 0 Å². The minimum absolute atomic E-state index is 0.902. The van der Waals surface area contributed by atoms with Crippen LogP contribution >= 0.6 is 0 Å². The van der Waals surface area contributed by atoms with Gasteiger partial charge in [-0.15, -0.1) is 0 Å². The van der Waals surface area contributed by atoms with E-state index in [4.69, 9.17) is 0 Å². The van der Waals surface area contributed by atoms with Gasteiger partial charge in [-0.2, -0.15) is 0 Å². The molecular formula is C14H23. The molecule has 0 saturated heterocycles. The summed E-state index contributed by atoms with van der Waals surface area (Å²) in [6, 6.07) is 0. The zero-order valence-corrected chi connectivity index (χ0v) is 9.47. The highest BCUT2D eigenvalue weighted by atomic mass is 14.3. The summed E-state index contributed by atoms with van der Waals surface area (Å²) in [5.41, 5.74) is 0. The van der Waals surface area contributed by atoms with Crippen LogP contribution in [0.4, 0.5) is 0 Å². The van der Waals surface area contributed by atoms with E-state index < -0.39 is 0 Å². The molecule has 2 aliphatic carbocycles. The first-order valence-corrected chi connectivity index (χ1v) is 6.47. The second-order valence-corrected chi connectivity index (χ2v) is 5.15. The van der Waals surface area contributed by atoms with E-state index in [1.54, 1.807) is 0 Å². The van der Waals surface area contributed by atoms with Crippen LogP contribution in [0.25, 0.3) is 0 Å². The van der Waals surface area contributed by atoms with Crippen molar-refractivity contribution in [1.29, 1.82) is 0 Å². The summed E-state index contributed by atoms with van der Waals surface area (Å²) in [5, 5.41) is 0. The zero-order chi connectivity index (χ0) is 9.80. The molecule has 0 spiro atoms. The molecule has 1 saturated carbocycles. The molecule has 0 bridgehead atoms. The second-order valence-electron chi connectivity index (χ2n) is 5.15. The second kappa shape index (κ2) is 5.00. The van der Waals surface area contributed by atoms with Crippen LogP contribution in [0.15, 0.2) is 6.08 Å². The standard InChI is InChI=1S/C14H23/c1-2-3-6-12-9-10-13-7-4-5-8-14(13)11-12/h8,12-14H,2-4,6-7,9-11H2,1H3. The number of fused-ring (bicyclic) bond motifs is 1. The zero-order valence-electron chi connectivity index (χ0n) is 9.47. The van der Waals surface area contributed by atoms with Crippen LogP contribution in [0.1, 0.15) is 58.3 Å². The van der Waals surface area contributed by atoms with Crippen molar-refractivity contribution < 1.29 is 0 Å². The van der Waals surface area contributed by atoms with Gasteiger partial charge in [0.15, 0.2) is 0 Å². The Morgan fingerprint density at radius 3 is 3.07 bits per heavy atom. The molecule has 0 aromatic rings. The summed E-state index contributed by atoms with van der Waals surface area (Å²) in [4.78, 5) is 0. The Kier molecular flexibility index (Phi) is 3.67. The molecular weight excluding hydrogens is 168 g/mol. The van der Waals surface area contributed by atoms with Crippen LogP contribution in [0.5, 0.6) is 0 Å². The summed E-state index contributed by atoms with van der Waals surface area (Å²) in [7, 11) is 0. The summed E-state index contributed by atoms with van der Waals surface area (Å²) in [5.74, 6) is 2.96. The van der Waals surface area contributed by atoms with Crippen molar-refractivity contribution in [2.45, 2.75) is 58.3 Å². The van der Waals surface area contributed by atoms with Crippen LogP contribution in [0.3, 0.4) is 0 Å². The fourth-order valence-corrected chi connectivity index (χ4v) is 3.18. The lowest BCUT2D eigenvalue weighted by Crippen LogP contribution is -2.25. The number of rotatable bonds is 3. The monoisotopic (exact) mass is 191 g/mol. The Morgan fingerprint density at radius 2 is 2.21 bits per heavy atom. The van der Waals surface area contributed by atoms with Crippen molar-refractivity contribution in [1.82, 2.24) is 0 Å². The van der Waals surface area contributed by atoms with E-state index >= 15 is 0 Å². The molecule has 2 aliphatic rings. The Bertz CT molecular complexity index is 192. The first-order chi connectivity index (χ1) is 6.90. The number of hydrogen-bond acceptors (Lipinski definition) is 0. The maximum atomic E-state index is 3.44. The Morgan fingerprint density at radius 1 is 1.29 bits per heavy atom. The van der Waals surface area contributed by atoms with E-state index in [1.807, 2.05) is 0 Å². The highest BCUT2D eigenvalue weighted by molar-refractivity contribution is 4.96. The molecule has 0 aromatic heterocycles. The van der Waals surface area contributed by atoms with Gasteiger partial charge in [-0.25, -0.2) is 0 Å². The average Bonchev–Trinajstić information content (AvgIpc) is 2.26. The molecule has 0 N–H and O–H groups in total. The molecule has 0 nitrogen and oxygen atoms in total. The fourth-order valence-electron chi connectivity index (χ4n) is 3.18. The number of unbranched alkanes of at least 4 members (excludes halogenated alkanes) is 1. The van der Waals surface area contributed by atoms with Gasteiger partial charge in [-0.1, -0.05) is 38.7 Å². The molecule has 1 fully saturated rings. The van der Waals surface area contributed by atoms with E-state index in [0.717, 1.165) is 17.8 Å². The Balaban J connectivity index is 1.83. The minimum Gasteiger partial charge on any atom is -0.0776 e. The smallest absolute Gasteiger partial charge is 0.0196 e. The summed E-state index contributed by atoms with van der Waals surface area (Å²) >= 11 is 0. The number of hydrogen-bond donors (Lipinski definition) is 0. The molecule has 0 heteroatoms. The van der Waals surface area contributed by atoms with Crippen LogP contribution in [0.2, 0.25) is 0 Å². The van der Waals surface area contributed by atoms with Gasteiger partial charge in [0.05, 0.1) is 0 Å². The maximum absolute atomic E-state index is 3.44. The minimum atomic E-state index is 0.902. The lowest BCUT2D eigenvalue weighted by molar-refractivity contribution is 0.188. The Labute approximate surface area is 88.8 Å². The summed E-state index contributed by atoms with van der Waals surface area (Å²) in [6.45, 7) is 2.31. The van der Waals surface area contributed by atoms with Crippen LogP contribution in [-0.4, -0.2) is 0 Å². The van der Waals surface area contributed by atoms with Gasteiger partial charge in [-0.3, -0.25) is 0 Å². The molecule has 3 atom stereocenters. The van der Waals surface area contributed by atoms with Gasteiger partial charge in [-0.05, 0) is 49.5 Å². The lowest BCUT2D eigenvalue weighted by atomic mass is 9.69. The predicted molar refractivity (Wildman–Crippen MR) is 60.9 cm³/mol. The quantitative estimate of drug-likeness (QED) is 0.621. The third-order valence-electron chi connectivity index (χ3n) is 4.11. The summed E-state index contributed by atoms with van der Waals surface area (Å²) in [6.07, 6.45) is 17.2. The molecule has 3 unspecified atom stereocenters. The number of allylic oxidation sites excluding steroid dienone is 2. The predicted octanol–water partition coefficient (Wildman–Crippen LogP) is 4.36. The third-order valence-corrected chi connectivity index (χ3v) is 4.11. The molecule has 0 aromatic carbocycles. The van der Waals surface area contributed by atoms with Gasteiger partial charge in [0.1, 0.15) is 0 Å². The largest absolute Gasteiger partial charge is 0.0776 e. The van der Waals surface area contributed by atoms with Crippen molar-refractivity contribution in [2.75, 3.05) is 0 Å². The SMILES string of the molecule is CCCCC1CCC2CC[C]=CC2C1. The van der Waals surface area contributed by atoms with E-state index in [2.05, 4.69) is 19.1 Å². The maximum Gasteiger partial charge on any atom is -0.0196 e. The molecule has 79 valence electrons.